The first kappa shape index (κ1) is 23.7. The van der Waals surface area contributed by atoms with Gasteiger partial charge >= 0.3 is 0 Å². The fraction of sp³-hybridized carbons (Fsp3) is 0.500. The molecule has 1 aliphatic rings. The monoisotopic (exact) mass is 463 g/mol. The van der Waals surface area contributed by atoms with Gasteiger partial charge in [-0.15, -0.1) is 12.4 Å². The standard InChI is InChI=1S/C22H29N5O2S.ClH/c1-4-27-17(3)15-18(24-27)21(28)26(10-6-9-25-11-13-29-14-12-25)22-23-20-16(2)7-5-8-19(20)30-22;/h5,7-8,15H,4,6,9-14H2,1-3H3;1H. The predicted octanol–water partition coefficient (Wildman–Crippen LogP) is 3.92. The van der Waals surface area contributed by atoms with Crippen molar-refractivity contribution in [2.45, 2.75) is 33.7 Å². The second-order valence-corrected chi connectivity index (χ2v) is 8.68. The van der Waals surface area contributed by atoms with E-state index in [1.54, 1.807) is 11.3 Å². The molecule has 4 rings (SSSR count). The van der Waals surface area contributed by atoms with E-state index in [9.17, 15) is 4.79 Å². The molecule has 0 radical (unpaired) electrons. The van der Waals surface area contributed by atoms with E-state index in [1.165, 1.54) is 0 Å². The number of fused-ring (bicyclic) bond motifs is 1. The van der Waals surface area contributed by atoms with Crippen LogP contribution in [-0.4, -0.2) is 65.0 Å². The van der Waals surface area contributed by atoms with E-state index in [4.69, 9.17) is 9.72 Å². The summed E-state index contributed by atoms with van der Waals surface area (Å²) >= 11 is 1.57. The minimum Gasteiger partial charge on any atom is -0.379 e. The van der Waals surface area contributed by atoms with Crippen molar-refractivity contribution < 1.29 is 9.53 Å². The number of benzene rings is 1. The van der Waals surface area contributed by atoms with Crippen LogP contribution in [-0.2, 0) is 11.3 Å². The zero-order chi connectivity index (χ0) is 21.1. The fourth-order valence-corrected chi connectivity index (χ4v) is 4.89. The number of rotatable bonds is 7. The Balaban J connectivity index is 0.00000272. The van der Waals surface area contributed by atoms with E-state index < -0.39 is 0 Å². The van der Waals surface area contributed by atoms with Crippen molar-refractivity contribution in [3.8, 4) is 0 Å². The zero-order valence-corrected chi connectivity index (χ0v) is 20.0. The summed E-state index contributed by atoms with van der Waals surface area (Å²) in [6.45, 7) is 11.9. The molecule has 31 heavy (non-hydrogen) atoms. The largest absolute Gasteiger partial charge is 0.379 e. The van der Waals surface area contributed by atoms with Crippen molar-refractivity contribution in [3.05, 3.63) is 41.2 Å². The molecule has 0 N–H and O–H groups in total. The number of aryl methyl sites for hydroxylation is 3. The molecule has 9 heteroatoms. The van der Waals surface area contributed by atoms with Gasteiger partial charge in [-0.2, -0.15) is 5.10 Å². The Kier molecular flexibility index (Phi) is 8.05. The minimum atomic E-state index is -0.0796. The number of hydrogen-bond donors (Lipinski definition) is 0. The number of carbonyl (C=O) groups is 1. The number of amides is 1. The Labute approximate surface area is 193 Å². The topological polar surface area (TPSA) is 63.5 Å². The Morgan fingerprint density at radius 1 is 1.26 bits per heavy atom. The van der Waals surface area contributed by atoms with Gasteiger partial charge in [0.2, 0.25) is 0 Å². The lowest BCUT2D eigenvalue weighted by molar-refractivity contribution is 0.0376. The molecule has 1 saturated heterocycles. The Hall–Kier alpha value is -2.00. The molecular formula is C22H30ClN5O2S. The molecule has 1 aliphatic heterocycles. The average molecular weight is 464 g/mol. The van der Waals surface area contributed by atoms with Crippen LogP contribution in [0.15, 0.2) is 24.3 Å². The van der Waals surface area contributed by atoms with E-state index >= 15 is 0 Å². The maximum absolute atomic E-state index is 13.5. The first-order chi connectivity index (χ1) is 14.6. The van der Waals surface area contributed by atoms with Gasteiger partial charge in [0.05, 0.1) is 23.4 Å². The van der Waals surface area contributed by atoms with Crippen LogP contribution in [0.25, 0.3) is 10.2 Å². The number of morpholine rings is 1. The van der Waals surface area contributed by atoms with Crippen LogP contribution in [0.3, 0.4) is 0 Å². The van der Waals surface area contributed by atoms with Crippen molar-refractivity contribution in [1.29, 1.82) is 0 Å². The lowest BCUT2D eigenvalue weighted by Gasteiger charge is -2.27. The number of hydrogen-bond acceptors (Lipinski definition) is 6. The van der Waals surface area contributed by atoms with Gasteiger partial charge in [-0.05, 0) is 44.9 Å². The van der Waals surface area contributed by atoms with E-state index in [0.717, 1.165) is 72.4 Å². The Bertz CT molecular complexity index is 1030. The van der Waals surface area contributed by atoms with Crippen LogP contribution in [0.4, 0.5) is 5.13 Å². The van der Waals surface area contributed by atoms with Crippen LogP contribution in [0.5, 0.6) is 0 Å². The highest BCUT2D eigenvalue weighted by Gasteiger charge is 2.24. The quantitative estimate of drug-likeness (QED) is 0.531. The number of nitrogens with zero attached hydrogens (tertiary/aromatic N) is 5. The Morgan fingerprint density at radius 3 is 2.71 bits per heavy atom. The van der Waals surface area contributed by atoms with Crippen molar-refractivity contribution in [3.63, 3.8) is 0 Å². The SMILES string of the molecule is CCn1nc(C(=O)N(CCCN2CCOCC2)c2nc3c(C)cccc3s2)cc1C.Cl. The number of anilines is 1. The molecule has 0 unspecified atom stereocenters. The maximum Gasteiger partial charge on any atom is 0.280 e. The third-order valence-corrected chi connectivity index (χ3v) is 6.59. The van der Waals surface area contributed by atoms with Gasteiger partial charge in [0, 0.05) is 38.4 Å². The molecule has 2 aromatic heterocycles. The number of para-hydroxylation sites is 1. The minimum absolute atomic E-state index is 0. The highest BCUT2D eigenvalue weighted by molar-refractivity contribution is 7.22. The summed E-state index contributed by atoms with van der Waals surface area (Å²) < 4.78 is 8.40. The van der Waals surface area contributed by atoms with Crippen LogP contribution < -0.4 is 4.90 Å². The third kappa shape index (κ3) is 5.26. The Morgan fingerprint density at radius 2 is 2.03 bits per heavy atom. The van der Waals surface area contributed by atoms with E-state index in [0.29, 0.717) is 12.2 Å². The van der Waals surface area contributed by atoms with Gasteiger partial charge in [0.25, 0.3) is 5.91 Å². The van der Waals surface area contributed by atoms with Gasteiger partial charge in [0.1, 0.15) is 0 Å². The summed E-state index contributed by atoms with van der Waals surface area (Å²) in [4.78, 5) is 22.5. The molecule has 3 heterocycles. The fourth-order valence-electron chi connectivity index (χ4n) is 3.82. The number of aromatic nitrogens is 3. The molecule has 0 atom stereocenters. The van der Waals surface area contributed by atoms with Crippen LogP contribution in [0, 0.1) is 13.8 Å². The number of carbonyl (C=O) groups excluding carboxylic acids is 1. The zero-order valence-electron chi connectivity index (χ0n) is 18.3. The van der Waals surface area contributed by atoms with Gasteiger partial charge in [0.15, 0.2) is 10.8 Å². The molecular weight excluding hydrogens is 434 g/mol. The lowest BCUT2D eigenvalue weighted by Crippen LogP contribution is -2.39. The lowest BCUT2D eigenvalue weighted by atomic mass is 10.2. The first-order valence-electron chi connectivity index (χ1n) is 10.6. The first-order valence-corrected chi connectivity index (χ1v) is 11.4. The van der Waals surface area contributed by atoms with Crippen molar-refractivity contribution >= 4 is 45.0 Å². The van der Waals surface area contributed by atoms with Gasteiger partial charge in [-0.25, -0.2) is 4.98 Å². The van der Waals surface area contributed by atoms with Crippen LogP contribution >= 0.6 is 23.7 Å². The summed E-state index contributed by atoms with van der Waals surface area (Å²) in [7, 11) is 0. The van der Waals surface area contributed by atoms with E-state index in [1.807, 2.05) is 35.6 Å². The van der Waals surface area contributed by atoms with E-state index in [2.05, 4.69) is 29.1 Å². The molecule has 0 bridgehead atoms. The van der Waals surface area contributed by atoms with Crippen molar-refractivity contribution in [1.82, 2.24) is 19.7 Å². The second kappa shape index (κ2) is 10.5. The molecule has 3 aromatic rings. The van der Waals surface area contributed by atoms with E-state index in [-0.39, 0.29) is 18.3 Å². The smallest absolute Gasteiger partial charge is 0.280 e. The molecule has 1 amide bonds. The molecule has 168 valence electrons. The predicted molar refractivity (Wildman–Crippen MR) is 128 cm³/mol. The highest BCUT2D eigenvalue weighted by Crippen LogP contribution is 2.31. The summed E-state index contributed by atoms with van der Waals surface area (Å²) in [5, 5.41) is 5.26. The summed E-state index contributed by atoms with van der Waals surface area (Å²) in [5.41, 5.74) is 3.58. The summed E-state index contributed by atoms with van der Waals surface area (Å²) in [5.74, 6) is -0.0796. The molecule has 0 aliphatic carbocycles. The molecule has 0 spiro atoms. The summed E-state index contributed by atoms with van der Waals surface area (Å²) in [6, 6.07) is 8.04. The molecule has 7 nitrogen and oxygen atoms in total. The van der Waals surface area contributed by atoms with Crippen LogP contribution in [0.1, 0.15) is 35.1 Å². The normalized spacial score (nSPS) is 14.5. The molecule has 1 aromatic carbocycles. The molecule has 1 fully saturated rings. The number of halogens is 1. The average Bonchev–Trinajstić information content (AvgIpc) is 3.36. The molecule has 0 saturated carbocycles. The number of thiazole rings is 1. The highest BCUT2D eigenvalue weighted by atomic mass is 35.5. The summed E-state index contributed by atoms with van der Waals surface area (Å²) in [6.07, 6.45) is 0.883. The van der Waals surface area contributed by atoms with Gasteiger partial charge in [-0.1, -0.05) is 23.5 Å². The maximum atomic E-state index is 13.5. The van der Waals surface area contributed by atoms with Gasteiger partial charge in [-0.3, -0.25) is 19.3 Å². The van der Waals surface area contributed by atoms with Gasteiger partial charge < -0.3 is 4.74 Å². The van der Waals surface area contributed by atoms with Crippen molar-refractivity contribution in [2.24, 2.45) is 0 Å². The number of ether oxygens (including phenoxy) is 1. The third-order valence-electron chi connectivity index (χ3n) is 5.55. The second-order valence-electron chi connectivity index (χ2n) is 7.67. The van der Waals surface area contributed by atoms with Crippen molar-refractivity contribution in [2.75, 3.05) is 44.3 Å². The van der Waals surface area contributed by atoms with Crippen LogP contribution in [0.2, 0.25) is 0 Å².